The number of hydrogen-bond acceptors (Lipinski definition) is 3. The fraction of sp³-hybridized carbons (Fsp3) is 0.353. The summed E-state index contributed by atoms with van der Waals surface area (Å²) in [5.41, 5.74) is 1.66. The number of amides is 2. The Hall–Kier alpha value is -2.63. The summed E-state index contributed by atoms with van der Waals surface area (Å²) in [6, 6.07) is 12.9. The first-order valence-corrected chi connectivity index (χ1v) is 7.86. The zero-order chi connectivity index (χ0) is 16.5. The van der Waals surface area contributed by atoms with E-state index in [-0.39, 0.29) is 11.6 Å². The Morgan fingerprint density at radius 2 is 1.87 bits per heavy atom. The van der Waals surface area contributed by atoms with Crippen molar-refractivity contribution < 1.29 is 4.79 Å². The average molecular weight is 314 g/mol. The number of urea groups is 1. The molecule has 0 atom stereocenters. The Morgan fingerprint density at radius 3 is 2.61 bits per heavy atom. The highest BCUT2D eigenvalue weighted by molar-refractivity contribution is 5.73. The van der Waals surface area contributed by atoms with Crippen LogP contribution in [0.3, 0.4) is 0 Å². The summed E-state index contributed by atoms with van der Waals surface area (Å²) in [6.45, 7) is 3.60. The van der Waals surface area contributed by atoms with Gasteiger partial charge in [-0.05, 0) is 25.8 Å². The summed E-state index contributed by atoms with van der Waals surface area (Å²) in [4.78, 5) is 23.1. The van der Waals surface area contributed by atoms with E-state index in [0.717, 1.165) is 24.1 Å². The van der Waals surface area contributed by atoms with Gasteiger partial charge in [-0.1, -0.05) is 30.3 Å². The maximum absolute atomic E-state index is 11.9. The van der Waals surface area contributed by atoms with Gasteiger partial charge in [0.25, 0.3) is 5.56 Å². The van der Waals surface area contributed by atoms with Gasteiger partial charge in [-0.15, -0.1) is 0 Å². The third-order valence-corrected chi connectivity index (χ3v) is 3.36. The van der Waals surface area contributed by atoms with Crippen molar-refractivity contribution in [2.75, 3.05) is 13.1 Å². The van der Waals surface area contributed by atoms with E-state index < -0.39 is 0 Å². The van der Waals surface area contributed by atoms with E-state index >= 15 is 0 Å². The highest BCUT2D eigenvalue weighted by Gasteiger charge is 2.03. The Kier molecular flexibility index (Phi) is 6.35. The topological polar surface area (TPSA) is 76.0 Å². The van der Waals surface area contributed by atoms with Crippen LogP contribution in [0.25, 0.3) is 11.3 Å². The predicted molar refractivity (Wildman–Crippen MR) is 90.2 cm³/mol. The first-order chi connectivity index (χ1) is 11.2. The van der Waals surface area contributed by atoms with Gasteiger partial charge in [0.05, 0.1) is 5.69 Å². The van der Waals surface area contributed by atoms with E-state index in [1.165, 1.54) is 4.68 Å². The summed E-state index contributed by atoms with van der Waals surface area (Å²) in [6.07, 6.45) is 1.57. The molecule has 1 heterocycles. The molecule has 0 saturated heterocycles. The number of rotatable bonds is 7. The average Bonchev–Trinajstić information content (AvgIpc) is 2.57. The van der Waals surface area contributed by atoms with E-state index in [1.54, 1.807) is 12.1 Å². The number of aromatic nitrogens is 2. The Bertz CT molecular complexity index is 682. The van der Waals surface area contributed by atoms with Gasteiger partial charge in [0, 0.05) is 31.3 Å². The molecule has 0 fully saturated rings. The van der Waals surface area contributed by atoms with Crippen LogP contribution in [0.1, 0.15) is 19.8 Å². The number of carbonyl (C=O) groups excluding carboxylic acids is 1. The van der Waals surface area contributed by atoms with Gasteiger partial charge < -0.3 is 10.6 Å². The van der Waals surface area contributed by atoms with Crippen molar-refractivity contribution in [1.82, 2.24) is 20.4 Å². The van der Waals surface area contributed by atoms with Crippen molar-refractivity contribution in [3.63, 3.8) is 0 Å². The molecule has 2 rings (SSSR count). The largest absolute Gasteiger partial charge is 0.338 e. The van der Waals surface area contributed by atoms with Crippen molar-refractivity contribution in [2.45, 2.75) is 26.3 Å². The third-order valence-electron chi connectivity index (χ3n) is 3.36. The van der Waals surface area contributed by atoms with Crippen LogP contribution in [0.2, 0.25) is 0 Å². The standard InChI is InChI=1S/C17H22N4O2/c1-2-18-17(23)19-12-6-7-13-21-16(22)11-10-15(20-21)14-8-4-3-5-9-14/h3-5,8-11H,2,6-7,12-13H2,1H3,(H2,18,19,23). The van der Waals surface area contributed by atoms with Crippen LogP contribution in [0.5, 0.6) is 0 Å². The molecule has 122 valence electrons. The number of nitrogens with zero attached hydrogens (tertiary/aromatic N) is 2. The van der Waals surface area contributed by atoms with Crippen LogP contribution < -0.4 is 16.2 Å². The number of hydrogen-bond donors (Lipinski definition) is 2. The summed E-state index contributed by atoms with van der Waals surface area (Å²) >= 11 is 0. The highest BCUT2D eigenvalue weighted by atomic mass is 16.2. The Labute approximate surface area is 135 Å². The van der Waals surface area contributed by atoms with Crippen LogP contribution in [0.15, 0.2) is 47.3 Å². The first-order valence-electron chi connectivity index (χ1n) is 7.86. The van der Waals surface area contributed by atoms with E-state index in [4.69, 9.17) is 0 Å². The second kappa shape index (κ2) is 8.73. The van der Waals surface area contributed by atoms with E-state index in [0.29, 0.717) is 19.6 Å². The minimum atomic E-state index is -0.158. The van der Waals surface area contributed by atoms with Crippen molar-refractivity contribution in [1.29, 1.82) is 0 Å². The van der Waals surface area contributed by atoms with Crippen molar-refractivity contribution in [3.8, 4) is 11.3 Å². The predicted octanol–water partition coefficient (Wildman–Crippen LogP) is 2.01. The lowest BCUT2D eigenvalue weighted by atomic mass is 10.1. The number of unbranched alkanes of at least 4 members (excludes halogenated alkanes) is 1. The Morgan fingerprint density at radius 1 is 1.09 bits per heavy atom. The monoisotopic (exact) mass is 314 g/mol. The maximum Gasteiger partial charge on any atom is 0.314 e. The number of aryl methyl sites for hydroxylation is 1. The van der Waals surface area contributed by atoms with Crippen LogP contribution in [-0.4, -0.2) is 28.9 Å². The molecule has 0 saturated carbocycles. The molecule has 6 nitrogen and oxygen atoms in total. The van der Waals surface area contributed by atoms with Gasteiger partial charge in [-0.25, -0.2) is 9.48 Å². The number of benzene rings is 1. The van der Waals surface area contributed by atoms with Crippen LogP contribution >= 0.6 is 0 Å². The summed E-state index contributed by atoms with van der Waals surface area (Å²) in [5.74, 6) is 0. The highest BCUT2D eigenvalue weighted by Crippen LogP contribution is 2.13. The number of carbonyl (C=O) groups is 1. The van der Waals surface area contributed by atoms with Gasteiger partial charge in [0.15, 0.2) is 0 Å². The van der Waals surface area contributed by atoms with E-state index in [1.807, 2.05) is 37.3 Å². The molecular weight excluding hydrogens is 292 g/mol. The molecular formula is C17H22N4O2. The third kappa shape index (κ3) is 5.25. The SMILES string of the molecule is CCNC(=O)NCCCCn1nc(-c2ccccc2)ccc1=O. The first kappa shape index (κ1) is 16.7. The number of nitrogens with one attached hydrogen (secondary N) is 2. The quantitative estimate of drug-likeness (QED) is 0.768. The molecule has 0 spiro atoms. The summed E-state index contributed by atoms with van der Waals surface area (Å²) in [7, 11) is 0. The van der Waals surface area contributed by atoms with E-state index in [9.17, 15) is 9.59 Å². The molecule has 0 unspecified atom stereocenters. The fourth-order valence-corrected chi connectivity index (χ4v) is 2.18. The Balaban J connectivity index is 1.88. The molecule has 1 aromatic heterocycles. The lowest BCUT2D eigenvalue weighted by Crippen LogP contribution is -2.35. The lowest BCUT2D eigenvalue weighted by molar-refractivity contribution is 0.241. The van der Waals surface area contributed by atoms with Gasteiger partial charge in [0.2, 0.25) is 0 Å². The second-order valence-corrected chi connectivity index (χ2v) is 5.14. The van der Waals surface area contributed by atoms with Crippen molar-refractivity contribution in [2.24, 2.45) is 0 Å². The maximum atomic E-state index is 11.9. The summed E-state index contributed by atoms with van der Waals surface area (Å²) in [5, 5.41) is 9.84. The lowest BCUT2D eigenvalue weighted by Gasteiger charge is -2.08. The zero-order valence-corrected chi connectivity index (χ0v) is 13.3. The molecule has 0 aliphatic rings. The zero-order valence-electron chi connectivity index (χ0n) is 13.3. The van der Waals surface area contributed by atoms with Gasteiger partial charge in [0.1, 0.15) is 0 Å². The minimum Gasteiger partial charge on any atom is -0.338 e. The smallest absolute Gasteiger partial charge is 0.314 e. The van der Waals surface area contributed by atoms with Crippen LogP contribution in [0, 0.1) is 0 Å². The molecule has 0 aliphatic carbocycles. The molecule has 1 aromatic carbocycles. The minimum absolute atomic E-state index is 0.110. The molecule has 2 amide bonds. The molecule has 0 bridgehead atoms. The van der Waals surface area contributed by atoms with Gasteiger partial charge in [-0.2, -0.15) is 5.10 Å². The van der Waals surface area contributed by atoms with Crippen molar-refractivity contribution >= 4 is 6.03 Å². The molecule has 2 aromatic rings. The van der Waals surface area contributed by atoms with Crippen molar-refractivity contribution in [3.05, 3.63) is 52.8 Å². The molecule has 6 heteroatoms. The molecule has 0 radical (unpaired) electrons. The molecule has 2 N–H and O–H groups in total. The van der Waals surface area contributed by atoms with Gasteiger partial charge in [-0.3, -0.25) is 4.79 Å². The molecule has 0 aliphatic heterocycles. The fourth-order valence-electron chi connectivity index (χ4n) is 2.18. The van der Waals surface area contributed by atoms with E-state index in [2.05, 4.69) is 15.7 Å². The van der Waals surface area contributed by atoms with Crippen LogP contribution in [0.4, 0.5) is 4.79 Å². The second-order valence-electron chi connectivity index (χ2n) is 5.14. The van der Waals surface area contributed by atoms with Gasteiger partial charge >= 0.3 is 6.03 Å². The van der Waals surface area contributed by atoms with Crippen LogP contribution in [-0.2, 0) is 6.54 Å². The summed E-state index contributed by atoms with van der Waals surface area (Å²) < 4.78 is 1.48. The normalized spacial score (nSPS) is 10.3. The molecule has 23 heavy (non-hydrogen) atoms.